The van der Waals surface area contributed by atoms with Crippen molar-refractivity contribution in [3.63, 3.8) is 0 Å². The number of fused-ring (bicyclic) bond motifs is 1. The Hall–Kier alpha value is -3.31. The molecule has 6 heteroatoms. The largest absolute Gasteiger partial charge is 0.508 e. The fourth-order valence-corrected chi connectivity index (χ4v) is 3.12. The molecular formula is C21H16ClN3O2. The van der Waals surface area contributed by atoms with Crippen molar-refractivity contribution in [3.05, 3.63) is 83.6 Å². The van der Waals surface area contributed by atoms with Crippen LogP contribution >= 0.6 is 11.6 Å². The average molecular weight is 378 g/mol. The third-order valence-electron chi connectivity index (χ3n) is 4.20. The summed E-state index contributed by atoms with van der Waals surface area (Å²) >= 11 is 5.99. The molecule has 1 amide bonds. The van der Waals surface area contributed by atoms with Gasteiger partial charge in [0.05, 0.1) is 17.8 Å². The number of benzene rings is 2. The number of halogens is 1. The molecule has 0 atom stereocenters. The molecule has 0 fully saturated rings. The average Bonchev–Trinajstić information content (AvgIpc) is 3.01. The van der Waals surface area contributed by atoms with E-state index in [1.165, 1.54) is 6.07 Å². The summed E-state index contributed by atoms with van der Waals surface area (Å²) in [6, 6.07) is 19.6. The molecule has 0 bridgehead atoms. The van der Waals surface area contributed by atoms with E-state index in [0.717, 1.165) is 22.6 Å². The van der Waals surface area contributed by atoms with E-state index >= 15 is 0 Å². The van der Waals surface area contributed by atoms with E-state index in [9.17, 15) is 9.90 Å². The number of carbonyl (C=O) groups is 1. The Balaban J connectivity index is 1.70. The van der Waals surface area contributed by atoms with Crippen molar-refractivity contribution in [3.8, 4) is 17.0 Å². The van der Waals surface area contributed by atoms with Crippen LogP contribution in [0.2, 0.25) is 5.02 Å². The van der Waals surface area contributed by atoms with Crippen molar-refractivity contribution in [2.24, 2.45) is 0 Å². The SMILES string of the molecule is O=C(Cc1c(-c2ccc(Cl)cc2)nc2ccccn12)Nc1cccc(O)c1. The van der Waals surface area contributed by atoms with E-state index in [1.807, 2.05) is 40.9 Å². The minimum absolute atomic E-state index is 0.101. The van der Waals surface area contributed by atoms with Gasteiger partial charge in [-0.3, -0.25) is 4.79 Å². The number of pyridine rings is 1. The molecule has 0 aliphatic carbocycles. The molecule has 2 aromatic heterocycles. The second-order valence-electron chi connectivity index (χ2n) is 6.12. The highest BCUT2D eigenvalue weighted by molar-refractivity contribution is 6.30. The van der Waals surface area contributed by atoms with Crippen LogP contribution in [0, 0.1) is 0 Å². The Morgan fingerprint density at radius 1 is 1.07 bits per heavy atom. The lowest BCUT2D eigenvalue weighted by atomic mass is 10.1. The summed E-state index contributed by atoms with van der Waals surface area (Å²) in [5.41, 5.74) is 3.72. The van der Waals surface area contributed by atoms with Gasteiger partial charge in [0.1, 0.15) is 11.4 Å². The van der Waals surface area contributed by atoms with Crippen molar-refractivity contribution in [2.75, 3.05) is 5.32 Å². The molecule has 5 nitrogen and oxygen atoms in total. The summed E-state index contributed by atoms with van der Waals surface area (Å²) in [5, 5.41) is 13.0. The Morgan fingerprint density at radius 2 is 1.89 bits per heavy atom. The molecule has 2 heterocycles. The topological polar surface area (TPSA) is 66.6 Å². The maximum absolute atomic E-state index is 12.6. The van der Waals surface area contributed by atoms with Crippen molar-refractivity contribution in [1.82, 2.24) is 9.38 Å². The number of nitrogens with zero attached hydrogens (tertiary/aromatic N) is 2. The number of carbonyl (C=O) groups excluding carboxylic acids is 1. The molecule has 0 aliphatic heterocycles. The number of aromatic hydroxyl groups is 1. The van der Waals surface area contributed by atoms with E-state index < -0.39 is 0 Å². The molecule has 27 heavy (non-hydrogen) atoms. The molecule has 4 aromatic rings. The van der Waals surface area contributed by atoms with Gasteiger partial charge in [0.15, 0.2) is 0 Å². The third kappa shape index (κ3) is 3.64. The second-order valence-corrected chi connectivity index (χ2v) is 6.55. The van der Waals surface area contributed by atoms with Crippen LogP contribution in [0.1, 0.15) is 5.69 Å². The molecule has 0 aliphatic rings. The zero-order valence-electron chi connectivity index (χ0n) is 14.3. The van der Waals surface area contributed by atoms with E-state index in [1.54, 1.807) is 30.3 Å². The standard InChI is InChI=1S/C21H16ClN3O2/c22-15-9-7-14(8-10-15)21-18(25-11-2-1-6-19(25)24-21)13-20(27)23-16-4-3-5-17(26)12-16/h1-12,26H,13H2,(H,23,27). The highest BCUT2D eigenvalue weighted by Crippen LogP contribution is 2.26. The number of amides is 1. The zero-order valence-corrected chi connectivity index (χ0v) is 15.0. The van der Waals surface area contributed by atoms with Crippen molar-refractivity contribution in [2.45, 2.75) is 6.42 Å². The van der Waals surface area contributed by atoms with Gasteiger partial charge < -0.3 is 14.8 Å². The number of hydrogen-bond donors (Lipinski definition) is 2. The van der Waals surface area contributed by atoms with Gasteiger partial charge in [-0.15, -0.1) is 0 Å². The molecule has 0 saturated carbocycles. The summed E-state index contributed by atoms with van der Waals surface area (Å²) in [6.07, 6.45) is 2.03. The molecule has 4 rings (SSSR count). The van der Waals surface area contributed by atoms with Crippen molar-refractivity contribution >= 4 is 28.8 Å². The van der Waals surface area contributed by atoms with Crippen LogP contribution in [0.5, 0.6) is 5.75 Å². The highest BCUT2D eigenvalue weighted by Gasteiger charge is 2.17. The van der Waals surface area contributed by atoms with Gasteiger partial charge in [0.25, 0.3) is 0 Å². The third-order valence-corrected chi connectivity index (χ3v) is 4.46. The molecule has 2 aromatic carbocycles. The minimum Gasteiger partial charge on any atom is -0.508 e. The molecular weight excluding hydrogens is 362 g/mol. The van der Waals surface area contributed by atoms with Crippen LogP contribution in [0.4, 0.5) is 5.69 Å². The van der Waals surface area contributed by atoms with Gasteiger partial charge >= 0.3 is 0 Å². The van der Waals surface area contributed by atoms with Crippen molar-refractivity contribution < 1.29 is 9.90 Å². The summed E-state index contributed by atoms with van der Waals surface area (Å²) in [5.74, 6) is -0.0917. The molecule has 0 unspecified atom stereocenters. The van der Waals surface area contributed by atoms with Gasteiger partial charge in [-0.25, -0.2) is 4.98 Å². The smallest absolute Gasteiger partial charge is 0.230 e. The van der Waals surface area contributed by atoms with Crippen LogP contribution in [-0.4, -0.2) is 20.4 Å². The predicted octanol–water partition coefficient (Wildman–Crippen LogP) is 4.54. The number of anilines is 1. The van der Waals surface area contributed by atoms with Crippen LogP contribution < -0.4 is 5.32 Å². The molecule has 0 spiro atoms. The number of phenolic OH excluding ortho intramolecular Hbond substituents is 1. The first-order chi connectivity index (χ1) is 13.1. The van der Waals surface area contributed by atoms with E-state index in [0.29, 0.717) is 10.7 Å². The Labute approximate surface area is 160 Å². The molecule has 0 saturated heterocycles. The summed E-state index contributed by atoms with van der Waals surface area (Å²) in [4.78, 5) is 17.3. The lowest BCUT2D eigenvalue weighted by Gasteiger charge is -2.08. The first-order valence-corrected chi connectivity index (χ1v) is 8.79. The molecule has 134 valence electrons. The van der Waals surface area contributed by atoms with Gasteiger partial charge in [-0.05, 0) is 36.4 Å². The first kappa shape index (κ1) is 17.1. The number of aromatic nitrogens is 2. The van der Waals surface area contributed by atoms with Gasteiger partial charge in [-0.1, -0.05) is 35.9 Å². The lowest BCUT2D eigenvalue weighted by Crippen LogP contribution is -2.16. The number of rotatable bonds is 4. The van der Waals surface area contributed by atoms with E-state index in [-0.39, 0.29) is 18.1 Å². The van der Waals surface area contributed by atoms with Crippen LogP contribution in [0.25, 0.3) is 16.9 Å². The van der Waals surface area contributed by atoms with E-state index in [2.05, 4.69) is 10.3 Å². The van der Waals surface area contributed by atoms with Crippen LogP contribution in [0.3, 0.4) is 0 Å². The maximum Gasteiger partial charge on any atom is 0.230 e. The number of nitrogens with one attached hydrogen (secondary N) is 1. The quantitative estimate of drug-likeness (QED) is 0.548. The maximum atomic E-state index is 12.6. The lowest BCUT2D eigenvalue weighted by molar-refractivity contribution is -0.115. The fourth-order valence-electron chi connectivity index (χ4n) is 3.00. The monoisotopic (exact) mass is 377 g/mol. The van der Waals surface area contributed by atoms with Gasteiger partial charge in [0.2, 0.25) is 5.91 Å². The minimum atomic E-state index is -0.193. The predicted molar refractivity (Wildman–Crippen MR) is 106 cm³/mol. The Morgan fingerprint density at radius 3 is 2.67 bits per heavy atom. The normalized spacial score (nSPS) is 10.9. The first-order valence-electron chi connectivity index (χ1n) is 8.41. The molecule has 0 radical (unpaired) electrons. The number of phenols is 1. The van der Waals surface area contributed by atoms with Gasteiger partial charge in [-0.2, -0.15) is 0 Å². The van der Waals surface area contributed by atoms with E-state index in [4.69, 9.17) is 11.6 Å². The summed E-state index contributed by atoms with van der Waals surface area (Å²) < 4.78 is 1.91. The number of hydrogen-bond acceptors (Lipinski definition) is 3. The summed E-state index contributed by atoms with van der Waals surface area (Å²) in [7, 11) is 0. The highest BCUT2D eigenvalue weighted by atomic mass is 35.5. The van der Waals surface area contributed by atoms with Crippen molar-refractivity contribution in [1.29, 1.82) is 0 Å². The van der Waals surface area contributed by atoms with Gasteiger partial charge in [0, 0.05) is 28.5 Å². The Kier molecular flexibility index (Phi) is 4.52. The molecule has 2 N–H and O–H groups in total. The fraction of sp³-hybridized carbons (Fsp3) is 0.0476. The van der Waals surface area contributed by atoms with Crippen LogP contribution in [0.15, 0.2) is 72.9 Å². The zero-order chi connectivity index (χ0) is 18.8. The second kappa shape index (κ2) is 7.13. The number of imidazole rings is 1. The Bertz CT molecular complexity index is 1120. The summed E-state index contributed by atoms with van der Waals surface area (Å²) in [6.45, 7) is 0. The van der Waals surface area contributed by atoms with Crippen LogP contribution in [-0.2, 0) is 11.2 Å².